The smallest absolute Gasteiger partial charge is 0.338 e. The molecule has 0 saturated carbocycles. The molecule has 1 aromatic rings. The molecule has 0 aliphatic carbocycles. The fraction of sp³-hybridized carbons (Fsp3) is 0.579. The van der Waals surface area contributed by atoms with Gasteiger partial charge in [0.25, 0.3) is 0 Å². The van der Waals surface area contributed by atoms with Crippen molar-refractivity contribution < 1.29 is 24.2 Å². The molecule has 0 amide bonds. The van der Waals surface area contributed by atoms with Crippen molar-refractivity contribution in [1.29, 1.82) is 0 Å². The molecule has 6 nitrogen and oxygen atoms in total. The number of ether oxygens (including phenoxy) is 2. The van der Waals surface area contributed by atoms with Gasteiger partial charge in [0.05, 0.1) is 17.7 Å². The molecule has 6 heteroatoms. The molecule has 1 atom stereocenters. The predicted molar refractivity (Wildman–Crippen MR) is 93.5 cm³/mol. The largest absolute Gasteiger partial charge is 0.478 e. The Morgan fingerprint density at radius 2 is 1.76 bits per heavy atom. The number of hydrogen-bond acceptors (Lipinski definition) is 5. The molecule has 2 N–H and O–H groups in total. The third-order valence-electron chi connectivity index (χ3n) is 5.18. The first-order valence-electron chi connectivity index (χ1n) is 8.64. The molecule has 2 rings (SSSR count). The monoisotopic (exact) mass is 349 g/mol. The number of carboxylic acids is 1. The molecular weight excluding hydrogens is 322 g/mol. The Morgan fingerprint density at radius 3 is 2.20 bits per heavy atom. The van der Waals surface area contributed by atoms with Gasteiger partial charge < -0.3 is 14.6 Å². The molecule has 0 bridgehead atoms. The fourth-order valence-corrected chi connectivity index (χ4v) is 3.47. The van der Waals surface area contributed by atoms with Crippen molar-refractivity contribution in [3.05, 3.63) is 35.4 Å². The first-order valence-corrected chi connectivity index (χ1v) is 8.64. The normalized spacial score (nSPS) is 17.9. The van der Waals surface area contributed by atoms with Gasteiger partial charge in [0.2, 0.25) is 0 Å². The number of hydrogen-bond donors (Lipinski definition) is 2. The molecule has 1 fully saturated rings. The second-order valence-corrected chi connectivity index (χ2v) is 7.09. The Kier molecular flexibility index (Phi) is 6.19. The molecule has 25 heavy (non-hydrogen) atoms. The highest BCUT2D eigenvalue weighted by Gasteiger charge is 2.47. The van der Waals surface area contributed by atoms with Crippen molar-refractivity contribution in [2.45, 2.75) is 33.9 Å². The summed E-state index contributed by atoms with van der Waals surface area (Å²) in [5.74, 6) is -1.00. The van der Waals surface area contributed by atoms with Gasteiger partial charge in [0, 0.05) is 12.0 Å². The summed E-state index contributed by atoms with van der Waals surface area (Å²) in [5, 5.41) is 12.3. The molecule has 1 aliphatic heterocycles. The van der Waals surface area contributed by atoms with E-state index in [2.05, 4.69) is 33.0 Å². The van der Waals surface area contributed by atoms with Crippen LogP contribution in [0.4, 0.5) is 0 Å². The topological polar surface area (TPSA) is 84.9 Å². The Hall–Kier alpha value is -1.92. The minimum Gasteiger partial charge on any atom is -0.478 e. The van der Waals surface area contributed by atoms with E-state index in [1.165, 1.54) is 24.3 Å². The van der Waals surface area contributed by atoms with Gasteiger partial charge >= 0.3 is 11.9 Å². The van der Waals surface area contributed by atoms with Crippen LogP contribution in [0.3, 0.4) is 0 Å². The Balaban J connectivity index is 2.13. The lowest BCUT2D eigenvalue weighted by Crippen LogP contribution is -2.53. The zero-order valence-electron chi connectivity index (χ0n) is 15.2. The molecule has 138 valence electrons. The maximum atomic E-state index is 12.4. The Morgan fingerprint density at radius 1 is 1.20 bits per heavy atom. The van der Waals surface area contributed by atoms with Crippen molar-refractivity contribution in [3.8, 4) is 0 Å². The highest BCUT2D eigenvalue weighted by molar-refractivity contribution is 5.92. The second-order valence-electron chi connectivity index (χ2n) is 7.09. The van der Waals surface area contributed by atoms with Gasteiger partial charge in [-0.15, -0.1) is 0 Å². The van der Waals surface area contributed by atoms with E-state index in [0.29, 0.717) is 12.2 Å². The number of benzene rings is 1. The third kappa shape index (κ3) is 4.02. The van der Waals surface area contributed by atoms with Crippen LogP contribution >= 0.6 is 0 Å². The maximum absolute atomic E-state index is 12.4. The van der Waals surface area contributed by atoms with E-state index in [4.69, 9.17) is 14.6 Å². The standard InChI is InChI=1S/C19H27NO5/c1-12(2)19(13(3)4,18-20-9-10-24-18)11-25-17(23)15-7-5-14(6-8-15)16(21)22/h5-8,12-13,18,20H,9-11H2,1-4H3,(H,21,22). The van der Waals surface area contributed by atoms with Crippen LogP contribution in [0.1, 0.15) is 48.4 Å². The molecular formula is C19H27NO5. The summed E-state index contributed by atoms with van der Waals surface area (Å²) >= 11 is 0. The number of aromatic carboxylic acids is 1. The van der Waals surface area contributed by atoms with Gasteiger partial charge in [-0.3, -0.25) is 5.32 Å². The Bertz CT molecular complexity index is 595. The minimum atomic E-state index is -1.02. The lowest BCUT2D eigenvalue weighted by molar-refractivity contribution is -0.103. The van der Waals surface area contributed by atoms with Crippen LogP contribution in [-0.4, -0.2) is 43.0 Å². The first-order chi connectivity index (χ1) is 11.8. The zero-order valence-corrected chi connectivity index (χ0v) is 15.2. The summed E-state index contributed by atoms with van der Waals surface area (Å²) in [6.07, 6.45) is -0.158. The summed E-state index contributed by atoms with van der Waals surface area (Å²) in [6.45, 7) is 10.1. The number of rotatable bonds is 7. The van der Waals surface area contributed by atoms with E-state index in [1.807, 2.05) is 0 Å². The lowest BCUT2D eigenvalue weighted by atomic mass is 9.68. The average molecular weight is 349 g/mol. The molecule has 1 unspecified atom stereocenters. The molecule has 1 heterocycles. The minimum absolute atomic E-state index is 0.138. The number of carbonyl (C=O) groups excluding carboxylic acids is 1. The van der Waals surface area contributed by atoms with Gasteiger partial charge in [-0.05, 0) is 36.1 Å². The van der Waals surface area contributed by atoms with Crippen molar-refractivity contribution in [3.63, 3.8) is 0 Å². The van der Waals surface area contributed by atoms with E-state index in [0.717, 1.165) is 6.54 Å². The molecule has 1 aliphatic rings. The summed E-state index contributed by atoms with van der Waals surface area (Å²) in [5.41, 5.74) is 0.137. The number of carbonyl (C=O) groups is 2. The number of esters is 1. The highest BCUT2D eigenvalue weighted by Crippen LogP contribution is 2.41. The number of nitrogens with one attached hydrogen (secondary N) is 1. The van der Waals surface area contributed by atoms with Crippen LogP contribution in [0.15, 0.2) is 24.3 Å². The molecule has 1 aromatic carbocycles. The van der Waals surface area contributed by atoms with E-state index in [1.54, 1.807) is 0 Å². The van der Waals surface area contributed by atoms with Crippen LogP contribution in [0.25, 0.3) is 0 Å². The van der Waals surface area contributed by atoms with Gasteiger partial charge in [-0.1, -0.05) is 27.7 Å². The summed E-state index contributed by atoms with van der Waals surface area (Å²) in [4.78, 5) is 23.3. The second kappa shape index (κ2) is 7.97. The van der Waals surface area contributed by atoms with Crippen LogP contribution < -0.4 is 5.32 Å². The first kappa shape index (κ1) is 19.4. The third-order valence-corrected chi connectivity index (χ3v) is 5.18. The maximum Gasteiger partial charge on any atom is 0.338 e. The lowest BCUT2D eigenvalue weighted by Gasteiger charge is -2.44. The summed E-state index contributed by atoms with van der Waals surface area (Å²) in [6, 6.07) is 5.75. The summed E-state index contributed by atoms with van der Waals surface area (Å²) < 4.78 is 11.5. The van der Waals surface area contributed by atoms with E-state index >= 15 is 0 Å². The van der Waals surface area contributed by atoms with E-state index < -0.39 is 11.9 Å². The predicted octanol–water partition coefficient (Wildman–Crippen LogP) is 2.79. The average Bonchev–Trinajstić information content (AvgIpc) is 3.09. The molecule has 0 spiro atoms. The Labute approximate surface area is 148 Å². The van der Waals surface area contributed by atoms with Crippen molar-refractivity contribution in [2.75, 3.05) is 19.8 Å². The van der Waals surface area contributed by atoms with Crippen LogP contribution in [-0.2, 0) is 9.47 Å². The van der Waals surface area contributed by atoms with Crippen LogP contribution in [0.5, 0.6) is 0 Å². The van der Waals surface area contributed by atoms with Crippen molar-refractivity contribution in [2.24, 2.45) is 17.3 Å². The highest BCUT2D eigenvalue weighted by atomic mass is 16.5. The van der Waals surface area contributed by atoms with Gasteiger partial charge in [0.15, 0.2) is 0 Å². The quantitative estimate of drug-likeness (QED) is 0.736. The fourth-order valence-electron chi connectivity index (χ4n) is 3.47. The van der Waals surface area contributed by atoms with Crippen LogP contribution in [0, 0.1) is 17.3 Å². The SMILES string of the molecule is CC(C)C(COC(=O)c1ccc(C(=O)O)cc1)(C(C)C)C1NCCO1. The van der Waals surface area contributed by atoms with Crippen LogP contribution in [0.2, 0.25) is 0 Å². The van der Waals surface area contributed by atoms with E-state index in [9.17, 15) is 9.59 Å². The van der Waals surface area contributed by atoms with Gasteiger partial charge in [-0.25, -0.2) is 9.59 Å². The van der Waals surface area contributed by atoms with E-state index in [-0.39, 0.29) is 35.6 Å². The zero-order chi connectivity index (χ0) is 18.6. The molecule has 0 aromatic heterocycles. The summed E-state index contributed by atoms with van der Waals surface area (Å²) in [7, 11) is 0. The van der Waals surface area contributed by atoms with Crippen molar-refractivity contribution in [1.82, 2.24) is 5.32 Å². The number of carboxylic acid groups (broad SMARTS) is 1. The van der Waals surface area contributed by atoms with Gasteiger partial charge in [0.1, 0.15) is 12.8 Å². The molecule has 1 saturated heterocycles. The van der Waals surface area contributed by atoms with Gasteiger partial charge in [-0.2, -0.15) is 0 Å². The molecule has 0 radical (unpaired) electrons. The van der Waals surface area contributed by atoms with Crippen molar-refractivity contribution >= 4 is 11.9 Å².